The number of amides is 1. The lowest BCUT2D eigenvalue weighted by Gasteiger charge is -2.23. The Balaban J connectivity index is 0.00000616. The zero-order valence-corrected chi connectivity index (χ0v) is 26.4. The molecule has 0 aliphatic heterocycles. The second-order valence-corrected chi connectivity index (χ2v) is 12.7. The number of phosphoric ester groups is 1. The van der Waals surface area contributed by atoms with Crippen LogP contribution in [0.2, 0.25) is 0 Å². The number of ether oxygens (including phenoxy) is 1. The summed E-state index contributed by atoms with van der Waals surface area (Å²) in [5, 5.41) is 0. The van der Waals surface area contributed by atoms with Crippen LogP contribution in [-0.4, -0.2) is 40.9 Å². The summed E-state index contributed by atoms with van der Waals surface area (Å²) in [4.78, 5) is 32.6. The lowest BCUT2D eigenvalue weighted by molar-refractivity contribution is -0.132. The van der Waals surface area contributed by atoms with Gasteiger partial charge >= 0.3 is 7.82 Å². The Morgan fingerprint density at radius 1 is 0.881 bits per heavy atom. The van der Waals surface area contributed by atoms with E-state index in [0.29, 0.717) is 13.0 Å². The summed E-state index contributed by atoms with van der Waals surface area (Å²) in [7, 11) is -2.98. The molecule has 236 valence electrons. The second kappa shape index (κ2) is 19.9. The van der Waals surface area contributed by atoms with E-state index in [-0.39, 0.29) is 25.2 Å². The van der Waals surface area contributed by atoms with Crippen molar-refractivity contribution in [1.82, 2.24) is 11.1 Å². The minimum atomic E-state index is -4.58. The fourth-order valence-corrected chi connectivity index (χ4v) is 6.13. The Morgan fingerprint density at radius 3 is 2.14 bits per heavy atom. The maximum Gasteiger partial charge on any atom is 0.469 e. The molecule has 1 aliphatic carbocycles. The number of methoxy groups -OCH3 is 1. The first kappa shape index (κ1) is 36.0. The maximum absolute atomic E-state index is 13.0. The first-order valence-electron chi connectivity index (χ1n) is 15.5. The average molecular weight is 605 g/mol. The molecule has 2 aromatic carbocycles. The summed E-state index contributed by atoms with van der Waals surface area (Å²) in [6.45, 7) is 0.243. The predicted octanol–water partition coefficient (Wildman–Crippen LogP) is 7.78. The number of hydrogen-bond donors (Lipinski definition) is 3. The molecule has 1 saturated carbocycles. The van der Waals surface area contributed by atoms with E-state index in [1.807, 2.05) is 24.3 Å². The van der Waals surface area contributed by atoms with Crippen molar-refractivity contribution < 1.29 is 28.4 Å². The van der Waals surface area contributed by atoms with E-state index in [4.69, 9.17) is 14.5 Å². The van der Waals surface area contributed by atoms with Gasteiger partial charge in [0.2, 0.25) is 5.91 Å². The second-order valence-electron chi connectivity index (χ2n) is 11.5. The molecule has 1 fully saturated rings. The number of benzene rings is 2. The Hall–Kier alpha value is -2.22. The van der Waals surface area contributed by atoms with Crippen molar-refractivity contribution in [2.24, 2.45) is 5.92 Å². The minimum Gasteiger partial charge on any atom is -0.497 e. The Morgan fingerprint density at radius 2 is 1.52 bits per heavy atom. The van der Waals surface area contributed by atoms with E-state index in [1.165, 1.54) is 68.9 Å². The normalized spacial score (nSPS) is 13.9. The van der Waals surface area contributed by atoms with Crippen molar-refractivity contribution in [1.29, 1.82) is 0 Å². The van der Waals surface area contributed by atoms with Crippen LogP contribution in [0.1, 0.15) is 100 Å². The van der Waals surface area contributed by atoms with Crippen molar-refractivity contribution in [2.75, 3.05) is 20.3 Å². The number of carbonyl (C=O) groups excluding carboxylic acids is 1. The zero-order valence-electron chi connectivity index (χ0n) is 25.6. The lowest BCUT2D eigenvalue weighted by Crippen LogP contribution is -2.33. The van der Waals surface area contributed by atoms with Gasteiger partial charge in [-0.1, -0.05) is 94.2 Å². The molecule has 0 heterocycles. The monoisotopic (exact) mass is 604 g/mol. The summed E-state index contributed by atoms with van der Waals surface area (Å²) in [6, 6.07) is 16.4. The predicted molar refractivity (Wildman–Crippen MR) is 169 cm³/mol. The van der Waals surface area contributed by atoms with Crippen LogP contribution in [0.15, 0.2) is 48.5 Å². The van der Waals surface area contributed by atoms with Crippen molar-refractivity contribution in [3.63, 3.8) is 0 Å². The number of carbonyl (C=O) groups is 1. The van der Waals surface area contributed by atoms with Gasteiger partial charge in [0.1, 0.15) is 5.75 Å². The van der Waals surface area contributed by atoms with E-state index in [2.05, 4.69) is 28.8 Å². The van der Waals surface area contributed by atoms with Gasteiger partial charge < -0.3 is 25.6 Å². The third-order valence-corrected chi connectivity index (χ3v) is 8.67. The van der Waals surface area contributed by atoms with Gasteiger partial charge in [0, 0.05) is 19.5 Å². The van der Waals surface area contributed by atoms with Gasteiger partial charge in [0.25, 0.3) is 0 Å². The van der Waals surface area contributed by atoms with Gasteiger partial charge in [-0.15, -0.1) is 0 Å². The number of nitrogens with zero attached hydrogens (tertiary/aromatic N) is 1. The Labute approximate surface area is 253 Å². The molecule has 3 rings (SSSR count). The highest BCUT2D eigenvalue weighted by Gasteiger charge is 2.18. The highest BCUT2D eigenvalue weighted by atomic mass is 31.2. The highest BCUT2D eigenvalue weighted by Crippen LogP contribution is 2.35. The fourth-order valence-electron chi connectivity index (χ4n) is 5.81. The minimum absolute atomic E-state index is 0. The van der Waals surface area contributed by atoms with Crippen LogP contribution >= 0.6 is 7.82 Å². The van der Waals surface area contributed by atoms with Gasteiger partial charge in [-0.2, -0.15) is 0 Å². The average Bonchev–Trinajstić information content (AvgIpc) is 2.97. The molecule has 0 bridgehead atoms. The standard InChI is InChI=1S/C33H50NO6P.H3N/c1-39-32-22-20-31(21-23-32)27-34(24-25-40-41(36,37)38)33(35)19-10-4-9-16-30-18-11-17-29(26-30)15-8-3-7-14-28-12-5-2-6-13-28;/h11,17-18,20-23,26,28H,2-10,12-16,19,24-25,27H2,1H3,(H2,36,37,38);1H3. The summed E-state index contributed by atoms with van der Waals surface area (Å²) < 4.78 is 20.9. The topological polar surface area (TPSA) is 131 Å². The Bertz CT molecular complexity index is 1070. The van der Waals surface area contributed by atoms with Gasteiger partial charge in [0.05, 0.1) is 13.7 Å². The molecule has 5 N–H and O–H groups in total. The maximum atomic E-state index is 13.0. The third-order valence-electron chi connectivity index (χ3n) is 8.16. The van der Waals surface area contributed by atoms with Gasteiger partial charge in [-0.3, -0.25) is 9.32 Å². The zero-order chi connectivity index (χ0) is 29.3. The third kappa shape index (κ3) is 14.8. The van der Waals surface area contributed by atoms with E-state index >= 15 is 0 Å². The number of phosphoric acid groups is 1. The molecule has 8 nitrogen and oxygen atoms in total. The van der Waals surface area contributed by atoms with E-state index < -0.39 is 7.82 Å². The van der Waals surface area contributed by atoms with Gasteiger partial charge in [-0.25, -0.2) is 4.57 Å². The molecule has 0 unspecified atom stereocenters. The van der Waals surface area contributed by atoms with Crippen molar-refractivity contribution in [3.05, 3.63) is 65.2 Å². The number of hydrogen-bond acceptors (Lipinski definition) is 5. The summed E-state index contributed by atoms with van der Waals surface area (Å²) in [6.07, 6.45) is 17.9. The van der Waals surface area contributed by atoms with Gasteiger partial charge in [-0.05, 0) is 66.8 Å². The lowest BCUT2D eigenvalue weighted by atomic mass is 9.85. The first-order chi connectivity index (χ1) is 19.8. The van der Waals surface area contributed by atoms with Crippen LogP contribution in [0.4, 0.5) is 0 Å². The van der Waals surface area contributed by atoms with Crippen LogP contribution in [0, 0.1) is 5.92 Å². The smallest absolute Gasteiger partial charge is 0.469 e. The summed E-state index contributed by atoms with van der Waals surface area (Å²) in [5.41, 5.74) is 3.72. The van der Waals surface area contributed by atoms with E-state index in [9.17, 15) is 9.36 Å². The molecular formula is C33H53N2O6P. The molecule has 2 aromatic rings. The van der Waals surface area contributed by atoms with E-state index in [0.717, 1.165) is 49.3 Å². The number of aryl methyl sites for hydroxylation is 2. The Kier molecular flexibility index (Phi) is 17.0. The molecule has 9 heteroatoms. The molecule has 0 spiro atoms. The van der Waals surface area contributed by atoms with Crippen molar-refractivity contribution >= 4 is 13.7 Å². The van der Waals surface area contributed by atoms with Crippen LogP contribution in [0.3, 0.4) is 0 Å². The van der Waals surface area contributed by atoms with Crippen LogP contribution in [0.5, 0.6) is 5.75 Å². The molecule has 0 radical (unpaired) electrons. The summed E-state index contributed by atoms with van der Waals surface area (Å²) >= 11 is 0. The van der Waals surface area contributed by atoms with Gasteiger partial charge in [0.15, 0.2) is 0 Å². The van der Waals surface area contributed by atoms with Crippen LogP contribution in [-0.2, 0) is 33.3 Å². The van der Waals surface area contributed by atoms with Crippen molar-refractivity contribution in [2.45, 2.75) is 103 Å². The molecule has 1 amide bonds. The SMILES string of the molecule is COc1ccc(CN(CCOP(=O)(O)O)C(=O)CCCCCc2cccc(CCCCCC3CCCCC3)c2)cc1.N. The van der Waals surface area contributed by atoms with Crippen LogP contribution < -0.4 is 10.9 Å². The van der Waals surface area contributed by atoms with Crippen molar-refractivity contribution in [3.8, 4) is 5.75 Å². The molecular weight excluding hydrogens is 551 g/mol. The van der Waals surface area contributed by atoms with Crippen LogP contribution in [0.25, 0.3) is 0 Å². The molecule has 0 atom stereocenters. The fraction of sp³-hybridized carbons (Fsp3) is 0.606. The molecule has 1 aliphatic rings. The molecule has 0 aromatic heterocycles. The highest BCUT2D eigenvalue weighted by molar-refractivity contribution is 7.46. The summed E-state index contributed by atoms with van der Waals surface area (Å²) in [5.74, 6) is 1.67. The molecule has 0 saturated heterocycles. The first-order valence-corrected chi connectivity index (χ1v) is 17.0. The molecule has 42 heavy (non-hydrogen) atoms. The van der Waals surface area contributed by atoms with E-state index in [1.54, 1.807) is 12.0 Å². The largest absolute Gasteiger partial charge is 0.497 e. The number of unbranched alkanes of at least 4 members (excludes halogenated alkanes) is 4. The number of rotatable bonds is 19. The quantitative estimate of drug-likeness (QED) is 0.110.